The van der Waals surface area contributed by atoms with Gasteiger partial charge in [0.05, 0.1) is 0 Å². The minimum atomic E-state index is -1.24. The molecule has 1 aliphatic rings. The number of anilines is 1. The summed E-state index contributed by atoms with van der Waals surface area (Å²) in [5, 5.41) is 5.01. The molecule has 1 saturated heterocycles. The van der Waals surface area contributed by atoms with Crippen LogP contribution in [0.1, 0.15) is 18.9 Å². The van der Waals surface area contributed by atoms with Gasteiger partial charge in [-0.25, -0.2) is 13.6 Å². The van der Waals surface area contributed by atoms with Gasteiger partial charge in [-0.05, 0) is 24.1 Å². The molecular formula is C19H17F2N3O3. The van der Waals surface area contributed by atoms with Crippen LogP contribution in [-0.2, 0) is 15.1 Å². The zero-order valence-electron chi connectivity index (χ0n) is 14.5. The maximum Gasteiger partial charge on any atom is 0.325 e. The zero-order valence-corrected chi connectivity index (χ0v) is 14.5. The van der Waals surface area contributed by atoms with Crippen molar-refractivity contribution >= 4 is 23.5 Å². The summed E-state index contributed by atoms with van der Waals surface area (Å²) in [5.74, 6) is -3.40. The van der Waals surface area contributed by atoms with Crippen LogP contribution in [0, 0.1) is 11.6 Å². The smallest absolute Gasteiger partial charge is 0.324 e. The van der Waals surface area contributed by atoms with E-state index in [2.05, 4.69) is 10.6 Å². The molecule has 1 heterocycles. The molecule has 2 aromatic carbocycles. The molecule has 1 aliphatic heterocycles. The summed E-state index contributed by atoms with van der Waals surface area (Å²) in [5.41, 5.74) is -0.592. The number of imide groups is 1. The van der Waals surface area contributed by atoms with E-state index >= 15 is 0 Å². The number of nitrogens with one attached hydrogen (secondary N) is 2. The fraction of sp³-hybridized carbons (Fsp3) is 0.211. The van der Waals surface area contributed by atoms with E-state index in [-0.39, 0.29) is 5.69 Å². The summed E-state index contributed by atoms with van der Waals surface area (Å²) in [6.07, 6.45) is 0.308. The maximum atomic E-state index is 13.2. The average molecular weight is 373 g/mol. The second-order valence-electron chi connectivity index (χ2n) is 6.12. The Morgan fingerprint density at radius 1 is 1.11 bits per heavy atom. The molecule has 6 nitrogen and oxygen atoms in total. The lowest BCUT2D eigenvalue weighted by molar-refractivity contribution is -0.134. The van der Waals surface area contributed by atoms with Crippen LogP contribution in [0.4, 0.5) is 19.3 Å². The van der Waals surface area contributed by atoms with Gasteiger partial charge in [-0.15, -0.1) is 0 Å². The Bertz CT molecular complexity index is 904. The third-order valence-corrected chi connectivity index (χ3v) is 4.48. The largest absolute Gasteiger partial charge is 0.325 e. The Morgan fingerprint density at radius 3 is 2.44 bits per heavy atom. The Hall–Kier alpha value is -3.29. The molecule has 2 N–H and O–H groups in total. The number of hydrogen-bond acceptors (Lipinski definition) is 3. The second-order valence-corrected chi connectivity index (χ2v) is 6.12. The first-order valence-electron chi connectivity index (χ1n) is 8.32. The molecular weight excluding hydrogens is 356 g/mol. The van der Waals surface area contributed by atoms with Gasteiger partial charge in [0.1, 0.15) is 12.1 Å². The van der Waals surface area contributed by atoms with Gasteiger partial charge in [-0.3, -0.25) is 14.5 Å². The highest BCUT2D eigenvalue weighted by atomic mass is 19.2. The van der Waals surface area contributed by atoms with E-state index < -0.39 is 41.6 Å². The van der Waals surface area contributed by atoms with E-state index in [1.165, 1.54) is 6.07 Å². The molecule has 0 unspecified atom stereocenters. The molecule has 1 atom stereocenters. The van der Waals surface area contributed by atoms with Crippen molar-refractivity contribution in [3.05, 3.63) is 65.7 Å². The van der Waals surface area contributed by atoms with E-state index in [1.807, 2.05) is 0 Å². The number of rotatable bonds is 5. The van der Waals surface area contributed by atoms with Crippen molar-refractivity contribution in [2.24, 2.45) is 0 Å². The van der Waals surface area contributed by atoms with Crippen molar-refractivity contribution in [3.63, 3.8) is 0 Å². The Morgan fingerprint density at radius 2 is 1.81 bits per heavy atom. The predicted molar refractivity (Wildman–Crippen MR) is 93.6 cm³/mol. The van der Waals surface area contributed by atoms with Gasteiger partial charge in [-0.2, -0.15) is 0 Å². The van der Waals surface area contributed by atoms with Crippen LogP contribution < -0.4 is 10.6 Å². The topological polar surface area (TPSA) is 78.5 Å². The molecule has 1 fully saturated rings. The number of nitrogens with zero attached hydrogens (tertiary/aromatic N) is 1. The summed E-state index contributed by atoms with van der Waals surface area (Å²) < 4.78 is 26.2. The first kappa shape index (κ1) is 18.5. The number of benzene rings is 2. The first-order valence-corrected chi connectivity index (χ1v) is 8.32. The Labute approximate surface area is 154 Å². The number of urea groups is 1. The van der Waals surface area contributed by atoms with Crippen molar-refractivity contribution in [1.82, 2.24) is 10.2 Å². The molecule has 140 valence electrons. The number of carbonyl (C=O) groups is 3. The van der Waals surface area contributed by atoms with Gasteiger partial charge in [-0.1, -0.05) is 37.3 Å². The minimum absolute atomic E-state index is 0.0239. The number of carbonyl (C=O) groups excluding carboxylic acids is 3. The van der Waals surface area contributed by atoms with E-state index in [1.54, 1.807) is 37.3 Å². The summed E-state index contributed by atoms with van der Waals surface area (Å²) in [4.78, 5) is 38.2. The molecule has 2 aromatic rings. The molecule has 0 saturated carbocycles. The molecule has 27 heavy (non-hydrogen) atoms. The van der Waals surface area contributed by atoms with Crippen LogP contribution in [0.15, 0.2) is 48.5 Å². The summed E-state index contributed by atoms with van der Waals surface area (Å²) in [6.45, 7) is 1.22. The van der Waals surface area contributed by atoms with E-state index in [4.69, 9.17) is 0 Å². The van der Waals surface area contributed by atoms with Crippen LogP contribution in [0.5, 0.6) is 0 Å². The maximum absolute atomic E-state index is 13.2. The highest BCUT2D eigenvalue weighted by Gasteiger charge is 2.51. The fourth-order valence-corrected chi connectivity index (χ4v) is 3.05. The van der Waals surface area contributed by atoms with Crippen LogP contribution in [0.2, 0.25) is 0 Å². The average Bonchev–Trinajstić information content (AvgIpc) is 2.90. The number of hydrogen-bond donors (Lipinski definition) is 2. The van der Waals surface area contributed by atoms with Gasteiger partial charge in [0.15, 0.2) is 11.6 Å². The fourth-order valence-electron chi connectivity index (χ4n) is 3.05. The third kappa shape index (κ3) is 3.38. The highest BCUT2D eigenvalue weighted by molar-refractivity contribution is 6.10. The lowest BCUT2D eigenvalue weighted by Crippen LogP contribution is -2.44. The second kappa shape index (κ2) is 7.14. The Kier molecular flexibility index (Phi) is 4.89. The monoisotopic (exact) mass is 373 g/mol. The Balaban J connectivity index is 1.77. The van der Waals surface area contributed by atoms with Gasteiger partial charge < -0.3 is 10.6 Å². The van der Waals surface area contributed by atoms with Crippen LogP contribution in [0.25, 0.3) is 0 Å². The predicted octanol–water partition coefficient (Wildman–Crippen LogP) is 2.76. The number of amides is 4. The van der Waals surface area contributed by atoms with E-state index in [0.29, 0.717) is 12.0 Å². The van der Waals surface area contributed by atoms with Crippen LogP contribution in [-0.4, -0.2) is 29.3 Å². The molecule has 0 aromatic heterocycles. The summed E-state index contributed by atoms with van der Waals surface area (Å²) >= 11 is 0. The molecule has 0 radical (unpaired) electrons. The lowest BCUT2D eigenvalue weighted by Gasteiger charge is -2.25. The molecule has 0 aliphatic carbocycles. The van der Waals surface area contributed by atoms with Gasteiger partial charge in [0.25, 0.3) is 5.91 Å². The lowest BCUT2D eigenvalue weighted by atomic mass is 9.87. The van der Waals surface area contributed by atoms with Gasteiger partial charge in [0, 0.05) is 11.8 Å². The molecule has 0 bridgehead atoms. The van der Waals surface area contributed by atoms with Gasteiger partial charge in [0.2, 0.25) is 5.91 Å². The third-order valence-electron chi connectivity index (χ3n) is 4.48. The van der Waals surface area contributed by atoms with Crippen molar-refractivity contribution in [1.29, 1.82) is 0 Å². The van der Waals surface area contributed by atoms with Crippen LogP contribution >= 0.6 is 0 Å². The molecule has 3 rings (SSSR count). The minimum Gasteiger partial charge on any atom is -0.324 e. The summed E-state index contributed by atoms with van der Waals surface area (Å²) in [7, 11) is 0. The van der Waals surface area contributed by atoms with Crippen LogP contribution in [0.3, 0.4) is 0 Å². The van der Waals surface area contributed by atoms with E-state index in [0.717, 1.165) is 17.0 Å². The first-order chi connectivity index (χ1) is 12.9. The van der Waals surface area contributed by atoms with Crippen molar-refractivity contribution in [3.8, 4) is 0 Å². The molecule has 0 spiro atoms. The highest BCUT2D eigenvalue weighted by Crippen LogP contribution is 2.32. The molecule has 8 heteroatoms. The zero-order chi connectivity index (χ0) is 19.6. The number of halogens is 2. The summed E-state index contributed by atoms with van der Waals surface area (Å²) in [6, 6.07) is 10.9. The SMILES string of the molecule is CC[C@]1(c2ccccc2)NC(=O)N(CC(=O)Nc2ccc(F)c(F)c2)C1=O. The van der Waals surface area contributed by atoms with E-state index in [9.17, 15) is 23.2 Å². The standard InChI is InChI=1S/C19H17F2N3O3/c1-2-19(12-6-4-3-5-7-12)17(26)24(18(27)23-19)11-16(25)22-13-8-9-14(20)15(21)10-13/h3-10H,2,11H2,1H3,(H,22,25)(H,23,27)/t19-/m1/s1. The van der Waals surface area contributed by atoms with Crippen molar-refractivity contribution < 1.29 is 23.2 Å². The van der Waals surface area contributed by atoms with Crippen molar-refractivity contribution in [2.45, 2.75) is 18.9 Å². The van der Waals surface area contributed by atoms with Gasteiger partial charge >= 0.3 is 6.03 Å². The quantitative estimate of drug-likeness (QED) is 0.791. The molecule has 4 amide bonds. The normalized spacial score (nSPS) is 19.1. The van der Waals surface area contributed by atoms with Crippen molar-refractivity contribution in [2.75, 3.05) is 11.9 Å².